The summed E-state index contributed by atoms with van der Waals surface area (Å²) in [6, 6.07) is 8.55. The summed E-state index contributed by atoms with van der Waals surface area (Å²) in [5, 5.41) is 4.18. The summed E-state index contributed by atoms with van der Waals surface area (Å²) < 4.78 is 0. The van der Waals surface area contributed by atoms with Gasteiger partial charge >= 0.3 is 0 Å². The number of aryl methyl sites for hydroxylation is 1. The zero-order valence-corrected chi connectivity index (χ0v) is 13.9. The van der Waals surface area contributed by atoms with Gasteiger partial charge in [0.2, 0.25) is 5.91 Å². The van der Waals surface area contributed by atoms with Crippen molar-refractivity contribution in [3.8, 4) is 0 Å². The molecule has 1 spiro atoms. The van der Waals surface area contributed by atoms with Crippen LogP contribution < -0.4 is 5.32 Å². The van der Waals surface area contributed by atoms with Crippen molar-refractivity contribution in [3.63, 3.8) is 0 Å². The van der Waals surface area contributed by atoms with Crippen molar-refractivity contribution >= 4 is 17.7 Å². The van der Waals surface area contributed by atoms with E-state index in [-0.39, 0.29) is 11.7 Å². The van der Waals surface area contributed by atoms with Gasteiger partial charge in [0.15, 0.2) is 0 Å². The summed E-state index contributed by atoms with van der Waals surface area (Å²) >= 11 is 1.87. The molecule has 2 atom stereocenters. The van der Waals surface area contributed by atoms with Crippen LogP contribution in [-0.4, -0.2) is 34.4 Å². The lowest BCUT2D eigenvalue weighted by Gasteiger charge is -2.25. The highest BCUT2D eigenvalue weighted by atomic mass is 32.2. The van der Waals surface area contributed by atoms with Gasteiger partial charge in [-0.1, -0.05) is 36.8 Å². The van der Waals surface area contributed by atoms with Crippen LogP contribution in [-0.2, 0) is 4.79 Å². The van der Waals surface area contributed by atoms with E-state index in [0.717, 1.165) is 25.8 Å². The van der Waals surface area contributed by atoms with E-state index in [1.807, 2.05) is 11.8 Å². The molecule has 0 aromatic heterocycles. The highest BCUT2D eigenvalue weighted by Crippen LogP contribution is 2.46. The molecule has 4 heteroatoms. The molecule has 1 saturated heterocycles. The Morgan fingerprint density at radius 2 is 2.05 bits per heavy atom. The van der Waals surface area contributed by atoms with Gasteiger partial charge in [-0.2, -0.15) is 11.8 Å². The van der Waals surface area contributed by atoms with E-state index in [4.69, 9.17) is 0 Å². The molecule has 21 heavy (non-hydrogen) atoms. The number of nitrogens with one attached hydrogen (secondary N) is 1. The molecule has 3 rings (SSSR count). The van der Waals surface area contributed by atoms with Gasteiger partial charge in [-0.3, -0.25) is 10.1 Å². The van der Waals surface area contributed by atoms with Gasteiger partial charge in [0, 0.05) is 11.8 Å². The lowest BCUT2D eigenvalue weighted by atomic mass is 10.1. The largest absolute Gasteiger partial charge is 0.321 e. The summed E-state index contributed by atoms with van der Waals surface area (Å²) in [7, 11) is 0. The molecule has 1 saturated carbocycles. The minimum absolute atomic E-state index is 0.0506. The fraction of sp³-hybridized carbons (Fsp3) is 0.588. The van der Waals surface area contributed by atoms with E-state index in [9.17, 15) is 4.79 Å². The molecule has 0 radical (unpaired) electrons. The normalized spacial score (nSPS) is 24.6. The summed E-state index contributed by atoms with van der Waals surface area (Å²) in [5.74, 6) is 0.307. The molecule has 2 unspecified atom stereocenters. The summed E-state index contributed by atoms with van der Waals surface area (Å²) in [6.07, 6.45) is 5.21. The second-order valence-corrected chi connectivity index (χ2v) is 7.65. The van der Waals surface area contributed by atoms with Crippen molar-refractivity contribution < 1.29 is 4.79 Å². The Morgan fingerprint density at radius 3 is 2.62 bits per heavy atom. The molecule has 3 nitrogen and oxygen atoms in total. The third-order valence-electron chi connectivity index (χ3n) is 4.72. The smallest absolute Gasteiger partial charge is 0.244 e. The van der Waals surface area contributed by atoms with E-state index >= 15 is 0 Å². The maximum atomic E-state index is 12.7. The number of amides is 1. The van der Waals surface area contributed by atoms with Crippen LogP contribution in [0.1, 0.15) is 43.5 Å². The minimum Gasteiger partial charge on any atom is -0.321 e. The number of hydrogen-bond donors (Lipinski definition) is 1. The average molecular weight is 304 g/mol. The van der Waals surface area contributed by atoms with Crippen LogP contribution >= 0.6 is 11.8 Å². The third-order valence-corrected chi connectivity index (χ3v) is 5.76. The van der Waals surface area contributed by atoms with Gasteiger partial charge in [-0.15, -0.1) is 0 Å². The Balaban J connectivity index is 1.79. The van der Waals surface area contributed by atoms with Crippen LogP contribution in [0.2, 0.25) is 0 Å². The van der Waals surface area contributed by atoms with Gasteiger partial charge in [-0.05, 0) is 38.0 Å². The zero-order valence-electron chi connectivity index (χ0n) is 13.1. The first kappa shape index (κ1) is 14.9. The topological polar surface area (TPSA) is 32.3 Å². The van der Waals surface area contributed by atoms with Gasteiger partial charge in [0.1, 0.15) is 11.7 Å². The second kappa shape index (κ2) is 5.65. The Labute approximate surface area is 131 Å². The van der Waals surface area contributed by atoms with Gasteiger partial charge in [0.25, 0.3) is 0 Å². The first-order valence-electron chi connectivity index (χ1n) is 7.74. The van der Waals surface area contributed by atoms with Crippen molar-refractivity contribution in [2.24, 2.45) is 0 Å². The van der Waals surface area contributed by atoms with Crippen LogP contribution in [0.5, 0.6) is 0 Å². The highest BCUT2D eigenvalue weighted by Gasteiger charge is 2.59. The van der Waals surface area contributed by atoms with Crippen LogP contribution in [0.25, 0.3) is 0 Å². The number of thioether (sulfide) groups is 1. The number of carbonyl (C=O) groups is 1. The first-order chi connectivity index (χ1) is 10.1. The number of nitrogens with zero attached hydrogens (tertiary/aromatic N) is 1. The molecule has 1 aromatic rings. The molecule has 1 aromatic carbocycles. The van der Waals surface area contributed by atoms with Crippen LogP contribution in [0.4, 0.5) is 0 Å². The maximum Gasteiger partial charge on any atom is 0.244 e. The Morgan fingerprint density at radius 1 is 1.38 bits per heavy atom. The van der Waals surface area contributed by atoms with Crippen molar-refractivity contribution in [2.75, 3.05) is 12.8 Å². The SMILES string of the molecule is CSC(C)CCN1C(=O)C2(CC2)NC1c1ccc(C)cc1. The van der Waals surface area contributed by atoms with E-state index in [0.29, 0.717) is 11.2 Å². The average Bonchev–Trinajstić information content (AvgIpc) is 3.21. The van der Waals surface area contributed by atoms with Crippen molar-refractivity contribution in [2.45, 2.75) is 50.1 Å². The highest BCUT2D eigenvalue weighted by molar-refractivity contribution is 7.99. The number of rotatable bonds is 5. The lowest BCUT2D eigenvalue weighted by Crippen LogP contribution is -2.33. The molecular weight excluding hydrogens is 280 g/mol. The molecule has 2 aliphatic rings. The van der Waals surface area contributed by atoms with Gasteiger partial charge < -0.3 is 4.90 Å². The summed E-state index contributed by atoms with van der Waals surface area (Å²) in [4.78, 5) is 14.8. The maximum absolute atomic E-state index is 12.7. The number of carbonyl (C=O) groups excluding carboxylic acids is 1. The molecule has 114 valence electrons. The molecule has 1 aliphatic carbocycles. The Bertz CT molecular complexity index is 524. The monoisotopic (exact) mass is 304 g/mol. The number of benzene rings is 1. The molecule has 1 amide bonds. The Kier molecular flexibility index (Phi) is 4.02. The molecule has 2 fully saturated rings. The zero-order chi connectivity index (χ0) is 15.0. The molecule has 1 aliphatic heterocycles. The molecule has 1 heterocycles. The van der Waals surface area contributed by atoms with Gasteiger partial charge in [-0.25, -0.2) is 0 Å². The number of hydrogen-bond acceptors (Lipinski definition) is 3. The standard InChI is InChI=1S/C17H24N2OS/c1-12-4-6-14(7-5-12)15-18-17(9-10-17)16(20)19(15)11-8-13(2)21-3/h4-7,13,15,18H,8-11H2,1-3H3. The van der Waals surface area contributed by atoms with Crippen LogP contribution in [0.3, 0.4) is 0 Å². The van der Waals surface area contributed by atoms with E-state index in [1.54, 1.807) is 0 Å². The first-order valence-corrected chi connectivity index (χ1v) is 9.03. The summed E-state index contributed by atoms with van der Waals surface area (Å²) in [5.41, 5.74) is 2.22. The lowest BCUT2D eigenvalue weighted by molar-refractivity contribution is -0.130. The van der Waals surface area contributed by atoms with E-state index in [1.165, 1.54) is 11.1 Å². The van der Waals surface area contributed by atoms with E-state index in [2.05, 4.69) is 54.6 Å². The van der Waals surface area contributed by atoms with Gasteiger partial charge in [0.05, 0.1) is 0 Å². The van der Waals surface area contributed by atoms with Crippen LogP contribution in [0.15, 0.2) is 24.3 Å². The second-order valence-electron chi connectivity index (χ2n) is 6.37. The quantitative estimate of drug-likeness (QED) is 0.907. The predicted molar refractivity (Wildman–Crippen MR) is 88.3 cm³/mol. The third kappa shape index (κ3) is 2.84. The fourth-order valence-corrected chi connectivity index (χ4v) is 3.30. The van der Waals surface area contributed by atoms with Crippen molar-refractivity contribution in [1.82, 2.24) is 10.2 Å². The Hall–Kier alpha value is -1.00. The summed E-state index contributed by atoms with van der Waals surface area (Å²) in [6.45, 7) is 5.16. The molecular formula is C17H24N2OS. The fourth-order valence-electron chi connectivity index (χ4n) is 2.96. The van der Waals surface area contributed by atoms with Crippen molar-refractivity contribution in [3.05, 3.63) is 35.4 Å². The van der Waals surface area contributed by atoms with Crippen molar-refractivity contribution in [1.29, 1.82) is 0 Å². The molecule has 0 bridgehead atoms. The predicted octanol–water partition coefficient (Wildman–Crippen LogP) is 3.10. The molecule has 1 N–H and O–H groups in total. The van der Waals surface area contributed by atoms with E-state index < -0.39 is 0 Å². The van der Waals surface area contributed by atoms with Crippen LogP contribution in [0, 0.1) is 6.92 Å². The minimum atomic E-state index is -0.238.